The van der Waals surface area contributed by atoms with Gasteiger partial charge in [0.25, 0.3) is 0 Å². The first kappa shape index (κ1) is 12.8. The van der Waals surface area contributed by atoms with Gasteiger partial charge in [-0.15, -0.1) is 0 Å². The van der Waals surface area contributed by atoms with Crippen LogP contribution in [0.3, 0.4) is 0 Å². The Morgan fingerprint density at radius 2 is 2.00 bits per heavy atom. The molecule has 0 nitrogen and oxygen atoms in total. The molecule has 1 rings (SSSR count). The van der Waals surface area contributed by atoms with E-state index >= 15 is 0 Å². The van der Waals surface area contributed by atoms with E-state index in [0.717, 1.165) is 12.1 Å². The fourth-order valence-electron chi connectivity index (χ4n) is 1.11. The van der Waals surface area contributed by atoms with Crippen molar-refractivity contribution in [1.82, 2.24) is 0 Å². The van der Waals surface area contributed by atoms with Crippen molar-refractivity contribution in [3.05, 3.63) is 52.6 Å². The molecule has 4 heteroatoms. The highest BCUT2D eigenvalue weighted by Gasteiger charge is 2.30. The van der Waals surface area contributed by atoms with Crippen LogP contribution in [-0.4, -0.2) is 0 Å². The Morgan fingerprint density at radius 1 is 1.31 bits per heavy atom. The molecular formula is C12H10ClF3. The molecule has 86 valence electrons. The SMILES string of the molecule is CC(Cl)=CC=Cc1cccc(C(F)(F)F)c1. The molecule has 0 heterocycles. The van der Waals surface area contributed by atoms with Gasteiger partial charge in [0.2, 0.25) is 0 Å². The second-order valence-corrected chi connectivity index (χ2v) is 3.83. The molecule has 0 fully saturated rings. The van der Waals surface area contributed by atoms with Gasteiger partial charge in [-0.05, 0) is 30.7 Å². The first-order valence-corrected chi connectivity index (χ1v) is 4.95. The van der Waals surface area contributed by atoms with Crippen molar-refractivity contribution in [3.63, 3.8) is 0 Å². The molecule has 0 aliphatic heterocycles. The van der Waals surface area contributed by atoms with E-state index in [9.17, 15) is 13.2 Å². The molecule has 0 aliphatic carbocycles. The van der Waals surface area contributed by atoms with Crippen molar-refractivity contribution in [2.24, 2.45) is 0 Å². The van der Waals surface area contributed by atoms with Gasteiger partial charge in [-0.25, -0.2) is 0 Å². The molecule has 0 aromatic heterocycles. The second-order valence-electron chi connectivity index (χ2n) is 3.24. The van der Waals surface area contributed by atoms with Crippen molar-refractivity contribution in [2.45, 2.75) is 13.1 Å². The third-order valence-corrected chi connectivity index (χ3v) is 1.95. The lowest BCUT2D eigenvalue weighted by Gasteiger charge is -2.06. The van der Waals surface area contributed by atoms with Crippen LogP contribution in [0, 0.1) is 0 Å². The molecule has 0 spiro atoms. The molecule has 0 saturated heterocycles. The third-order valence-electron chi connectivity index (χ3n) is 1.83. The fraction of sp³-hybridized carbons (Fsp3) is 0.167. The lowest BCUT2D eigenvalue weighted by atomic mass is 10.1. The molecule has 0 N–H and O–H groups in total. The predicted octanol–water partition coefficient (Wildman–Crippen LogP) is 4.86. The summed E-state index contributed by atoms with van der Waals surface area (Å²) in [5.41, 5.74) is -0.162. The van der Waals surface area contributed by atoms with Crippen molar-refractivity contribution < 1.29 is 13.2 Å². The highest BCUT2D eigenvalue weighted by Crippen LogP contribution is 2.29. The monoisotopic (exact) mass is 246 g/mol. The Morgan fingerprint density at radius 3 is 2.56 bits per heavy atom. The number of benzene rings is 1. The highest BCUT2D eigenvalue weighted by atomic mass is 35.5. The zero-order valence-electron chi connectivity index (χ0n) is 8.55. The summed E-state index contributed by atoms with van der Waals surface area (Å²) in [6, 6.07) is 5.11. The average molecular weight is 247 g/mol. The number of hydrogen-bond donors (Lipinski definition) is 0. The zero-order valence-corrected chi connectivity index (χ0v) is 9.31. The summed E-state index contributed by atoms with van der Waals surface area (Å²) in [6.07, 6.45) is 0.489. The topological polar surface area (TPSA) is 0 Å². The highest BCUT2D eigenvalue weighted by molar-refractivity contribution is 6.29. The van der Waals surface area contributed by atoms with Gasteiger partial charge in [0.05, 0.1) is 5.56 Å². The van der Waals surface area contributed by atoms with Gasteiger partial charge in [-0.1, -0.05) is 35.9 Å². The van der Waals surface area contributed by atoms with Gasteiger partial charge in [0.1, 0.15) is 0 Å². The maximum Gasteiger partial charge on any atom is 0.416 e. The van der Waals surface area contributed by atoms with E-state index in [4.69, 9.17) is 11.6 Å². The van der Waals surface area contributed by atoms with Crippen LogP contribution in [-0.2, 0) is 6.18 Å². The van der Waals surface area contributed by atoms with E-state index in [-0.39, 0.29) is 0 Å². The number of allylic oxidation sites excluding steroid dienone is 3. The molecule has 0 radical (unpaired) electrons. The van der Waals surface area contributed by atoms with Gasteiger partial charge in [0, 0.05) is 5.03 Å². The van der Waals surface area contributed by atoms with E-state index < -0.39 is 11.7 Å². The number of alkyl halides is 3. The molecule has 1 aromatic rings. The predicted molar refractivity (Wildman–Crippen MR) is 60.1 cm³/mol. The van der Waals surface area contributed by atoms with Crippen LogP contribution in [0.5, 0.6) is 0 Å². The third kappa shape index (κ3) is 4.11. The van der Waals surface area contributed by atoms with Crippen molar-refractivity contribution in [2.75, 3.05) is 0 Å². The molecule has 0 bridgehead atoms. The Balaban J connectivity index is 2.92. The van der Waals surface area contributed by atoms with Crippen LogP contribution in [0.25, 0.3) is 6.08 Å². The molecule has 1 aromatic carbocycles. The van der Waals surface area contributed by atoms with E-state index in [2.05, 4.69) is 0 Å². The maximum absolute atomic E-state index is 12.4. The first-order chi connectivity index (χ1) is 7.39. The quantitative estimate of drug-likeness (QED) is 0.654. The summed E-state index contributed by atoms with van der Waals surface area (Å²) in [5, 5.41) is 0.572. The normalized spacial score (nSPS) is 13.4. The summed E-state index contributed by atoms with van der Waals surface area (Å²) < 4.78 is 37.1. The molecule has 0 aliphatic rings. The second kappa shape index (κ2) is 5.21. The van der Waals surface area contributed by atoms with Gasteiger partial charge in [-0.3, -0.25) is 0 Å². The van der Waals surface area contributed by atoms with Crippen LogP contribution in [0.2, 0.25) is 0 Å². The Hall–Kier alpha value is -1.22. The Bertz CT molecular complexity index is 413. The van der Waals surface area contributed by atoms with E-state index in [1.54, 1.807) is 31.2 Å². The molecule has 0 saturated carbocycles. The molecule has 0 amide bonds. The van der Waals surface area contributed by atoms with Crippen molar-refractivity contribution in [1.29, 1.82) is 0 Å². The first-order valence-electron chi connectivity index (χ1n) is 4.57. The molecule has 0 unspecified atom stereocenters. The zero-order chi connectivity index (χ0) is 12.2. The minimum absolute atomic E-state index is 0.490. The van der Waals surface area contributed by atoms with E-state index in [1.807, 2.05) is 0 Å². The van der Waals surface area contributed by atoms with Crippen LogP contribution < -0.4 is 0 Å². The van der Waals surface area contributed by atoms with Crippen LogP contribution in [0.15, 0.2) is 41.4 Å². The fourth-order valence-corrected chi connectivity index (χ4v) is 1.18. The van der Waals surface area contributed by atoms with Crippen LogP contribution in [0.4, 0.5) is 13.2 Å². The largest absolute Gasteiger partial charge is 0.416 e. The Kier molecular flexibility index (Phi) is 4.19. The Labute approximate surface area is 97.0 Å². The number of hydrogen-bond acceptors (Lipinski definition) is 0. The van der Waals surface area contributed by atoms with Crippen LogP contribution in [0.1, 0.15) is 18.1 Å². The lowest BCUT2D eigenvalue weighted by molar-refractivity contribution is -0.137. The van der Waals surface area contributed by atoms with Gasteiger partial charge >= 0.3 is 6.18 Å². The standard InChI is InChI=1S/C12H10ClF3/c1-9(13)4-2-5-10-6-3-7-11(8-10)12(14,15)16/h2-8H,1H3. The van der Waals surface area contributed by atoms with Gasteiger partial charge in [0.15, 0.2) is 0 Å². The van der Waals surface area contributed by atoms with E-state index in [1.165, 1.54) is 6.07 Å². The summed E-state index contributed by atoms with van der Waals surface area (Å²) in [4.78, 5) is 0. The molecule has 16 heavy (non-hydrogen) atoms. The summed E-state index contributed by atoms with van der Waals surface area (Å²) in [7, 11) is 0. The maximum atomic E-state index is 12.4. The minimum Gasteiger partial charge on any atom is -0.166 e. The van der Waals surface area contributed by atoms with E-state index in [0.29, 0.717) is 10.6 Å². The number of halogens is 4. The van der Waals surface area contributed by atoms with Crippen LogP contribution >= 0.6 is 11.6 Å². The molecule has 0 atom stereocenters. The van der Waals surface area contributed by atoms with Crippen molar-refractivity contribution >= 4 is 17.7 Å². The summed E-state index contributed by atoms with van der Waals surface area (Å²) in [6.45, 7) is 1.69. The van der Waals surface area contributed by atoms with Crippen molar-refractivity contribution in [3.8, 4) is 0 Å². The average Bonchev–Trinajstić information content (AvgIpc) is 2.16. The number of rotatable bonds is 2. The lowest BCUT2D eigenvalue weighted by Crippen LogP contribution is -2.04. The molecular weight excluding hydrogens is 237 g/mol. The van der Waals surface area contributed by atoms with Gasteiger partial charge < -0.3 is 0 Å². The summed E-state index contributed by atoms with van der Waals surface area (Å²) >= 11 is 5.58. The van der Waals surface area contributed by atoms with Gasteiger partial charge in [-0.2, -0.15) is 13.2 Å². The smallest absolute Gasteiger partial charge is 0.166 e. The summed E-state index contributed by atoms with van der Waals surface area (Å²) in [5.74, 6) is 0. The minimum atomic E-state index is -4.30.